The van der Waals surface area contributed by atoms with E-state index in [1.807, 2.05) is 20.8 Å². The van der Waals surface area contributed by atoms with E-state index in [2.05, 4.69) is 22.1 Å². The minimum absolute atomic E-state index is 0.428. The van der Waals surface area contributed by atoms with Crippen LogP contribution in [0.4, 0.5) is 4.79 Å². The maximum atomic E-state index is 11.3. The molecule has 0 aliphatic carbocycles. The number of pyridine rings is 1. The second-order valence-electron chi connectivity index (χ2n) is 4.85. The van der Waals surface area contributed by atoms with Crippen molar-refractivity contribution in [3.8, 4) is 11.8 Å². The first kappa shape index (κ1) is 15.3. The molecule has 0 saturated heterocycles. The zero-order chi connectivity index (χ0) is 14.3. The summed E-state index contributed by atoms with van der Waals surface area (Å²) in [5.74, 6) is 5.87. The van der Waals surface area contributed by atoms with Crippen LogP contribution in [0.25, 0.3) is 0 Å². The monoisotopic (exact) mass is 280 g/mol. The van der Waals surface area contributed by atoms with Gasteiger partial charge in [-0.2, -0.15) is 0 Å². The van der Waals surface area contributed by atoms with Gasteiger partial charge >= 0.3 is 6.09 Å². The Morgan fingerprint density at radius 2 is 2.21 bits per heavy atom. The molecule has 0 radical (unpaired) electrons. The summed E-state index contributed by atoms with van der Waals surface area (Å²) in [6.07, 6.45) is 1.72. The average Bonchev–Trinajstić information content (AvgIpc) is 2.29. The summed E-state index contributed by atoms with van der Waals surface area (Å²) in [5.41, 5.74) is 0.312. The minimum Gasteiger partial charge on any atom is -0.444 e. The number of rotatable bonds is 2. The number of hydrogen-bond donors (Lipinski definition) is 1. The van der Waals surface area contributed by atoms with Gasteiger partial charge in [-0.05, 0) is 32.9 Å². The lowest BCUT2D eigenvalue weighted by Crippen LogP contribution is -2.32. The van der Waals surface area contributed by atoms with Gasteiger partial charge in [0.25, 0.3) is 0 Å². The van der Waals surface area contributed by atoms with Crippen molar-refractivity contribution >= 4 is 17.7 Å². The Morgan fingerprint density at radius 1 is 1.47 bits per heavy atom. The van der Waals surface area contributed by atoms with Crippen LogP contribution in [0.1, 0.15) is 32.8 Å². The molecule has 0 aliphatic rings. The van der Waals surface area contributed by atoms with Crippen molar-refractivity contribution in [2.75, 3.05) is 6.54 Å². The van der Waals surface area contributed by atoms with Crippen molar-refractivity contribution in [1.29, 1.82) is 0 Å². The molecule has 0 saturated carbocycles. The summed E-state index contributed by atoms with van der Waals surface area (Å²) < 4.78 is 5.09. The molecule has 1 N–H and O–H groups in total. The highest BCUT2D eigenvalue weighted by Gasteiger charge is 2.15. The fourth-order valence-electron chi connectivity index (χ4n) is 1.16. The van der Waals surface area contributed by atoms with E-state index in [0.717, 1.165) is 5.56 Å². The summed E-state index contributed by atoms with van der Waals surface area (Å²) in [6, 6.07) is 3.48. The lowest BCUT2D eigenvalue weighted by atomic mass is 10.2. The molecule has 0 aliphatic heterocycles. The van der Waals surface area contributed by atoms with E-state index < -0.39 is 11.7 Å². The fraction of sp³-hybridized carbons (Fsp3) is 0.429. The molecule has 0 atom stereocenters. The molecule has 1 amide bonds. The highest BCUT2D eigenvalue weighted by atomic mass is 35.5. The Bertz CT molecular complexity index is 481. The van der Waals surface area contributed by atoms with Crippen LogP contribution in [0.5, 0.6) is 0 Å². The number of carbonyl (C=O) groups is 1. The van der Waals surface area contributed by atoms with Gasteiger partial charge in [0, 0.05) is 24.7 Å². The van der Waals surface area contributed by atoms with Crippen molar-refractivity contribution in [1.82, 2.24) is 10.3 Å². The van der Waals surface area contributed by atoms with Crippen molar-refractivity contribution in [2.45, 2.75) is 32.8 Å². The number of hydrogen-bond acceptors (Lipinski definition) is 3. The third-order valence-electron chi connectivity index (χ3n) is 1.88. The molecular formula is C14H17ClN2O2. The first-order valence-electron chi connectivity index (χ1n) is 5.94. The smallest absolute Gasteiger partial charge is 0.407 e. The summed E-state index contributed by atoms with van der Waals surface area (Å²) in [6.45, 7) is 5.91. The van der Waals surface area contributed by atoms with E-state index in [4.69, 9.17) is 16.3 Å². The van der Waals surface area contributed by atoms with Crippen LogP contribution in [-0.2, 0) is 4.74 Å². The molecule has 4 nitrogen and oxygen atoms in total. The van der Waals surface area contributed by atoms with Crippen LogP contribution in [0, 0.1) is 11.8 Å². The van der Waals surface area contributed by atoms with Crippen LogP contribution >= 0.6 is 11.6 Å². The Labute approximate surface area is 118 Å². The standard InChI is InChI=1S/C14H17ClN2O2/c1-14(2,3)19-13(18)16-9-5-4-6-11-7-8-12(15)17-10-11/h7-8,10H,5,9H2,1-3H3,(H,16,18). The number of nitrogens with one attached hydrogen (secondary N) is 1. The van der Waals surface area contributed by atoms with Crippen LogP contribution in [0.2, 0.25) is 5.15 Å². The Morgan fingerprint density at radius 3 is 2.79 bits per heavy atom. The van der Waals surface area contributed by atoms with Gasteiger partial charge < -0.3 is 10.1 Å². The van der Waals surface area contributed by atoms with E-state index in [1.54, 1.807) is 18.3 Å². The highest BCUT2D eigenvalue weighted by molar-refractivity contribution is 6.29. The molecule has 0 bridgehead atoms. The number of alkyl carbamates (subject to hydrolysis) is 1. The topological polar surface area (TPSA) is 51.2 Å². The lowest BCUT2D eigenvalue weighted by Gasteiger charge is -2.19. The number of nitrogens with zero attached hydrogens (tertiary/aromatic N) is 1. The second kappa shape index (κ2) is 7.01. The zero-order valence-electron chi connectivity index (χ0n) is 11.3. The summed E-state index contributed by atoms with van der Waals surface area (Å²) in [5, 5.41) is 3.08. The number of amides is 1. The van der Waals surface area contributed by atoms with Crippen molar-refractivity contribution < 1.29 is 9.53 Å². The first-order chi connectivity index (χ1) is 8.87. The molecule has 0 aromatic carbocycles. The molecular weight excluding hydrogens is 264 g/mol. The van der Waals surface area contributed by atoms with Gasteiger partial charge in [0.05, 0.1) is 0 Å². The quantitative estimate of drug-likeness (QED) is 0.515. The normalized spacial score (nSPS) is 10.3. The molecule has 1 aromatic rings. The van der Waals surface area contributed by atoms with Gasteiger partial charge in [0.2, 0.25) is 0 Å². The van der Waals surface area contributed by atoms with Crippen molar-refractivity contribution in [2.24, 2.45) is 0 Å². The van der Waals surface area contributed by atoms with E-state index in [9.17, 15) is 4.79 Å². The molecule has 5 heteroatoms. The number of aromatic nitrogens is 1. The van der Waals surface area contributed by atoms with Gasteiger partial charge in [-0.1, -0.05) is 23.4 Å². The zero-order valence-corrected chi connectivity index (χ0v) is 12.0. The molecule has 0 fully saturated rings. The van der Waals surface area contributed by atoms with Crippen molar-refractivity contribution in [3.63, 3.8) is 0 Å². The number of halogens is 1. The van der Waals surface area contributed by atoms with Crippen LogP contribution in [0.3, 0.4) is 0 Å². The van der Waals surface area contributed by atoms with Crippen LogP contribution in [0.15, 0.2) is 18.3 Å². The van der Waals surface area contributed by atoms with E-state index >= 15 is 0 Å². The summed E-state index contributed by atoms with van der Waals surface area (Å²) >= 11 is 5.66. The van der Waals surface area contributed by atoms with E-state index in [1.165, 1.54) is 0 Å². The maximum Gasteiger partial charge on any atom is 0.407 e. The molecule has 1 rings (SSSR count). The maximum absolute atomic E-state index is 11.3. The molecule has 19 heavy (non-hydrogen) atoms. The van der Waals surface area contributed by atoms with E-state index in [0.29, 0.717) is 18.1 Å². The number of ether oxygens (including phenoxy) is 1. The largest absolute Gasteiger partial charge is 0.444 e. The van der Waals surface area contributed by atoms with Gasteiger partial charge in [-0.15, -0.1) is 0 Å². The summed E-state index contributed by atoms with van der Waals surface area (Å²) in [4.78, 5) is 15.2. The molecule has 1 heterocycles. The molecule has 102 valence electrons. The predicted octanol–water partition coefficient (Wildman–Crippen LogP) is 3.00. The Kier molecular flexibility index (Phi) is 5.65. The fourth-order valence-corrected chi connectivity index (χ4v) is 1.27. The first-order valence-corrected chi connectivity index (χ1v) is 6.32. The average molecular weight is 281 g/mol. The molecule has 1 aromatic heterocycles. The van der Waals surface area contributed by atoms with Gasteiger partial charge in [-0.25, -0.2) is 9.78 Å². The third-order valence-corrected chi connectivity index (χ3v) is 2.10. The van der Waals surface area contributed by atoms with Crippen LogP contribution in [-0.4, -0.2) is 23.2 Å². The highest BCUT2D eigenvalue weighted by Crippen LogP contribution is 2.06. The van der Waals surface area contributed by atoms with Gasteiger partial charge in [0.1, 0.15) is 10.8 Å². The number of carbonyl (C=O) groups excluding carboxylic acids is 1. The van der Waals surface area contributed by atoms with Gasteiger partial charge in [-0.3, -0.25) is 0 Å². The molecule has 0 unspecified atom stereocenters. The predicted molar refractivity (Wildman–Crippen MR) is 75.0 cm³/mol. The van der Waals surface area contributed by atoms with E-state index in [-0.39, 0.29) is 0 Å². The molecule has 0 spiro atoms. The Hall–Kier alpha value is -1.73. The summed E-state index contributed by atoms with van der Waals surface area (Å²) in [7, 11) is 0. The Balaban J connectivity index is 2.28. The van der Waals surface area contributed by atoms with Crippen LogP contribution < -0.4 is 5.32 Å². The minimum atomic E-state index is -0.481. The van der Waals surface area contributed by atoms with Crippen molar-refractivity contribution in [3.05, 3.63) is 29.0 Å². The van der Waals surface area contributed by atoms with Gasteiger partial charge in [0.15, 0.2) is 0 Å². The third kappa shape index (κ3) is 7.32. The SMILES string of the molecule is CC(C)(C)OC(=O)NCCC#Cc1ccc(Cl)nc1. The lowest BCUT2D eigenvalue weighted by molar-refractivity contribution is 0.0529. The second-order valence-corrected chi connectivity index (χ2v) is 5.24.